The molecule has 11 heavy (non-hydrogen) atoms. The monoisotopic (exact) mass is 174 g/mol. The summed E-state index contributed by atoms with van der Waals surface area (Å²) in [7, 11) is -0.978. The molecule has 0 aromatic carbocycles. The van der Waals surface area contributed by atoms with Gasteiger partial charge in [-0.3, -0.25) is 0 Å². The summed E-state index contributed by atoms with van der Waals surface area (Å²) < 4.78 is 5.23. The van der Waals surface area contributed by atoms with Gasteiger partial charge in [0.1, 0.15) is 12.4 Å². The van der Waals surface area contributed by atoms with Crippen molar-refractivity contribution in [3.05, 3.63) is 0 Å². The molecule has 1 atom stereocenters. The first-order chi connectivity index (χ1) is 4.95. The molecule has 3 heteroatoms. The minimum atomic E-state index is -0.978. The number of ether oxygens (including phenoxy) is 1. The summed E-state index contributed by atoms with van der Waals surface area (Å²) in [4.78, 5) is 10.1. The van der Waals surface area contributed by atoms with Crippen LogP contribution in [0.3, 0.4) is 0 Å². The molecule has 0 aromatic rings. The highest BCUT2D eigenvalue weighted by molar-refractivity contribution is 6.76. The van der Waals surface area contributed by atoms with Crippen molar-refractivity contribution in [2.24, 2.45) is 0 Å². The number of hydrogen-bond donors (Lipinski definition) is 0. The lowest BCUT2D eigenvalue weighted by molar-refractivity contribution is -0.116. The average Bonchev–Trinajstić information content (AvgIpc) is 1.85. The fourth-order valence-electron chi connectivity index (χ4n) is 0.590. The summed E-state index contributed by atoms with van der Waals surface area (Å²) in [5.74, 6) is 0. The summed E-state index contributed by atoms with van der Waals surface area (Å²) in [6.45, 7) is 9.39. The van der Waals surface area contributed by atoms with Gasteiger partial charge in [0.25, 0.3) is 0 Å². The third kappa shape index (κ3) is 7.75. The summed E-state index contributed by atoms with van der Waals surface area (Å²) in [5, 5.41) is 0. The van der Waals surface area contributed by atoms with E-state index in [1.807, 2.05) is 0 Å². The van der Waals surface area contributed by atoms with Crippen LogP contribution in [-0.4, -0.2) is 27.1 Å². The Kier molecular flexibility index (Phi) is 4.60. The maximum atomic E-state index is 10.1. The van der Waals surface area contributed by atoms with Crippen LogP contribution >= 0.6 is 0 Å². The van der Waals surface area contributed by atoms with Gasteiger partial charge in [-0.2, -0.15) is 0 Å². The van der Waals surface area contributed by atoms with Crippen LogP contribution in [0.2, 0.25) is 25.7 Å². The molecule has 1 unspecified atom stereocenters. The second-order valence-corrected chi connectivity index (χ2v) is 9.64. The van der Waals surface area contributed by atoms with E-state index in [1.165, 1.54) is 0 Å². The first-order valence-electron chi connectivity index (χ1n) is 4.02. The Morgan fingerprint density at radius 2 is 2.00 bits per heavy atom. The molecule has 0 bridgehead atoms. The van der Waals surface area contributed by atoms with Gasteiger partial charge in [-0.1, -0.05) is 19.6 Å². The number of hydrogen-bond acceptors (Lipinski definition) is 2. The Morgan fingerprint density at radius 3 is 2.36 bits per heavy atom. The molecule has 0 amide bonds. The van der Waals surface area contributed by atoms with Crippen LogP contribution in [-0.2, 0) is 9.53 Å². The van der Waals surface area contributed by atoms with Gasteiger partial charge in [-0.15, -0.1) is 0 Å². The predicted octanol–water partition coefficient (Wildman–Crippen LogP) is 1.93. The summed E-state index contributed by atoms with van der Waals surface area (Å²) >= 11 is 0. The van der Waals surface area contributed by atoms with Gasteiger partial charge in [0.05, 0.1) is 0 Å². The standard InChI is InChI=1S/C8H18O2Si/c1-8(7-9)10-5-6-11(2,3)4/h7-8H,5-6H2,1-4H3. The van der Waals surface area contributed by atoms with Crippen LogP contribution in [0.4, 0.5) is 0 Å². The maximum Gasteiger partial charge on any atom is 0.148 e. The first-order valence-corrected chi connectivity index (χ1v) is 7.73. The predicted molar refractivity (Wildman–Crippen MR) is 49.6 cm³/mol. The second-order valence-electron chi connectivity index (χ2n) is 4.02. The zero-order valence-corrected chi connectivity index (χ0v) is 8.89. The van der Waals surface area contributed by atoms with Crippen LogP contribution in [0.1, 0.15) is 6.92 Å². The van der Waals surface area contributed by atoms with Gasteiger partial charge in [0.15, 0.2) is 0 Å². The number of carbonyl (C=O) groups is 1. The Labute approximate surface area is 69.9 Å². The maximum absolute atomic E-state index is 10.1. The largest absolute Gasteiger partial charge is 0.371 e. The molecule has 0 spiro atoms. The first kappa shape index (κ1) is 10.8. The van der Waals surface area contributed by atoms with Crippen LogP contribution < -0.4 is 0 Å². The summed E-state index contributed by atoms with van der Waals surface area (Å²) in [6.07, 6.45) is 0.607. The zero-order chi connectivity index (χ0) is 8.91. The van der Waals surface area contributed by atoms with Crippen LogP contribution in [0.15, 0.2) is 0 Å². The number of aldehydes is 1. The highest BCUT2D eigenvalue weighted by Gasteiger charge is 2.12. The van der Waals surface area contributed by atoms with Crippen molar-refractivity contribution < 1.29 is 9.53 Å². The molecule has 2 nitrogen and oxygen atoms in total. The van der Waals surface area contributed by atoms with Crippen molar-refractivity contribution in [2.75, 3.05) is 6.61 Å². The second kappa shape index (κ2) is 4.67. The van der Waals surface area contributed by atoms with Crippen molar-refractivity contribution >= 4 is 14.4 Å². The minimum Gasteiger partial charge on any atom is -0.371 e. The lowest BCUT2D eigenvalue weighted by Crippen LogP contribution is -2.23. The molecule has 0 N–H and O–H groups in total. The van der Waals surface area contributed by atoms with E-state index in [-0.39, 0.29) is 6.10 Å². The van der Waals surface area contributed by atoms with E-state index in [0.717, 1.165) is 18.9 Å². The molecule has 0 aliphatic rings. The van der Waals surface area contributed by atoms with Crippen molar-refractivity contribution in [3.8, 4) is 0 Å². The molecule has 0 rings (SSSR count). The molecule has 0 aliphatic carbocycles. The summed E-state index contributed by atoms with van der Waals surface area (Å²) in [5.41, 5.74) is 0. The van der Waals surface area contributed by atoms with E-state index in [1.54, 1.807) is 6.92 Å². The van der Waals surface area contributed by atoms with Crippen molar-refractivity contribution in [1.82, 2.24) is 0 Å². The third-order valence-electron chi connectivity index (χ3n) is 1.42. The van der Waals surface area contributed by atoms with E-state index in [9.17, 15) is 4.79 Å². The molecule has 0 fully saturated rings. The highest BCUT2D eigenvalue weighted by Crippen LogP contribution is 2.07. The SMILES string of the molecule is CC(C=O)OCC[Si](C)(C)C. The Hall–Kier alpha value is -0.153. The van der Waals surface area contributed by atoms with Crippen molar-refractivity contribution in [2.45, 2.75) is 38.7 Å². The lowest BCUT2D eigenvalue weighted by Gasteiger charge is -2.16. The number of carbonyl (C=O) groups excluding carboxylic acids is 1. The summed E-state index contributed by atoms with van der Waals surface area (Å²) in [6, 6.07) is 1.13. The molecule has 0 heterocycles. The molecular weight excluding hydrogens is 156 g/mol. The fraction of sp³-hybridized carbons (Fsp3) is 0.875. The highest BCUT2D eigenvalue weighted by atomic mass is 28.3. The minimum absolute atomic E-state index is 0.230. The van der Waals surface area contributed by atoms with Gasteiger partial charge in [-0.05, 0) is 13.0 Å². The quantitative estimate of drug-likeness (QED) is 0.470. The molecule has 0 saturated heterocycles. The van der Waals surface area contributed by atoms with Gasteiger partial charge in [0, 0.05) is 14.7 Å². The van der Waals surface area contributed by atoms with Crippen molar-refractivity contribution in [1.29, 1.82) is 0 Å². The topological polar surface area (TPSA) is 26.3 Å². The average molecular weight is 174 g/mol. The Morgan fingerprint density at radius 1 is 1.45 bits per heavy atom. The van der Waals surface area contributed by atoms with E-state index in [2.05, 4.69) is 19.6 Å². The fourth-order valence-corrected chi connectivity index (χ4v) is 1.32. The van der Waals surface area contributed by atoms with E-state index >= 15 is 0 Å². The zero-order valence-electron chi connectivity index (χ0n) is 7.89. The normalized spacial score (nSPS) is 14.5. The van der Waals surface area contributed by atoms with Gasteiger partial charge in [-0.25, -0.2) is 0 Å². The van der Waals surface area contributed by atoms with Gasteiger partial charge >= 0.3 is 0 Å². The molecule has 0 radical (unpaired) electrons. The lowest BCUT2D eigenvalue weighted by atomic mass is 10.5. The van der Waals surface area contributed by atoms with Crippen molar-refractivity contribution in [3.63, 3.8) is 0 Å². The van der Waals surface area contributed by atoms with E-state index in [0.29, 0.717) is 0 Å². The molecular formula is C8H18O2Si. The molecule has 0 aromatic heterocycles. The number of rotatable bonds is 5. The smallest absolute Gasteiger partial charge is 0.148 e. The van der Waals surface area contributed by atoms with E-state index in [4.69, 9.17) is 4.74 Å². The third-order valence-corrected chi connectivity index (χ3v) is 3.13. The Bertz CT molecular complexity index is 118. The Balaban J connectivity index is 3.35. The van der Waals surface area contributed by atoms with Gasteiger partial charge < -0.3 is 9.53 Å². The molecule has 0 saturated carbocycles. The van der Waals surface area contributed by atoms with Crippen LogP contribution in [0.25, 0.3) is 0 Å². The van der Waals surface area contributed by atoms with Crippen LogP contribution in [0.5, 0.6) is 0 Å². The molecule has 0 aliphatic heterocycles. The molecule has 66 valence electrons. The van der Waals surface area contributed by atoms with E-state index < -0.39 is 8.07 Å². The van der Waals surface area contributed by atoms with Gasteiger partial charge in [0.2, 0.25) is 0 Å². The van der Waals surface area contributed by atoms with Crippen LogP contribution in [0, 0.1) is 0 Å².